The highest BCUT2D eigenvalue weighted by atomic mass is 19.2. The highest BCUT2D eigenvalue weighted by Gasteiger charge is 2.54. The number of nitrogens with zero attached hydrogens (tertiary/aromatic N) is 1. The molecule has 0 aliphatic carbocycles. The number of amides is 2. The van der Waals surface area contributed by atoms with Crippen LogP contribution in [0.25, 0.3) is 0 Å². The number of halogens is 1. The van der Waals surface area contributed by atoms with Crippen molar-refractivity contribution in [1.82, 2.24) is 4.90 Å². The van der Waals surface area contributed by atoms with Crippen molar-refractivity contribution in [3.8, 4) is 0 Å². The van der Waals surface area contributed by atoms with Gasteiger partial charge in [0.15, 0.2) is 0 Å². The fourth-order valence-electron chi connectivity index (χ4n) is 5.63. The summed E-state index contributed by atoms with van der Waals surface area (Å²) in [5, 5.41) is 0. The summed E-state index contributed by atoms with van der Waals surface area (Å²) in [6.45, 7) is 22.0. The van der Waals surface area contributed by atoms with Crippen LogP contribution in [0.4, 0.5) is 4.39 Å². The monoisotopic (exact) mass is 545 g/mol. The van der Waals surface area contributed by atoms with Gasteiger partial charge in [0.05, 0.1) is 37.4 Å². The molecule has 3 aliphatic rings. The van der Waals surface area contributed by atoms with Crippen molar-refractivity contribution in [1.29, 1.82) is 0 Å². The van der Waals surface area contributed by atoms with Crippen molar-refractivity contribution in [2.75, 3.05) is 26.4 Å². The topological polar surface area (TPSA) is 83.5 Å². The predicted molar refractivity (Wildman–Crippen MR) is 143 cm³/mol. The molecule has 0 radical (unpaired) electrons. The van der Waals surface area contributed by atoms with Crippen LogP contribution in [-0.4, -0.2) is 66.3 Å². The van der Waals surface area contributed by atoms with Crippen molar-refractivity contribution in [3.63, 3.8) is 0 Å². The van der Waals surface area contributed by atoms with Gasteiger partial charge in [-0.25, -0.2) is 0 Å². The fraction of sp³-hybridized carbons (Fsp3) is 0.931. The van der Waals surface area contributed by atoms with E-state index in [4.69, 9.17) is 23.7 Å². The van der Waals surface area contributed by atoms with Crippen LogP contribution >= 0.6 is 0 Å². The summed E-state index contributed by atoms with van der Waals surface area (Å²) in [5.41, 5.74) is -2.49. The van der Waals surface area contributed by atoms with Crippen LogP contribution in [0.2, 0.25) is 0 Å². The molecule has 3 aliphatic heterocycles. The molecule has 3 heterocycles. The Bertz CT molecular complexity index is 805. The Morgan fingerprint density at radius 3 is 1.74 bits per heavy atom. The molecule has 0 aromatic carbocycles. The average Bonchev–Trinajstić information content (AvgIpc) is 2.82. The van der Waals surface area contributed by atoms with Crippen molar-refractivity contribution >= 4 is 11.8 Å². The Morgan fingerprint density at radius 1 is 0.895 bits per heavy atom. The zero-order chi connectivity index (χ0) is 29.2. The summed E-state index contributed by atoms with van der Waals surface area (Å²) >= 11 is 0. The number of hydrogen-bond acceptors (Lipinski definition) is 7. The van der Waals surface area contributed by atoms with Crippen molar-refractivity contribution in [2.45, 2.75) is 131 Å². The number of imide groups is 1. The Balaban J connectivity index is 0.00000247. The molecule has 0 atom stereocenters. The molecule has 0 bridgehead atoms. The molecule has 222 valence electrons. The third-order valence-corrected chi connectivity index (χ3v) is 8.14. The Morgan fingerprint density at radius 2 is 1.34 bits per heavy atom. The van der Waals surface area contributed by atoms with Gasteiger partial charge >= 0.3 is 6.04 Å². The predicted octanol–water partition coefficient (Wildman–Crippen LogP) is 5.96. The van der Waals surface area contributed by atoms with Crippen LogP contribution < -0.4 is 0 Å². The lowest BCUT2D eigenvalue weighted by atomic mass is 9.70. The summed E-state index contributed by atoms with van der Waals surface area (Å²) in [6.07, 6.45) is 1.61. The summed E-state index contributed by atoms with van der Waals surface area (Å²) in [6, 6.07) is -2.06. The molecule has 3 saturated heterocycles. The smallest absolute Gasteiger partial charge is 0.320 e. The number of carbonyl (C=O) groups is 2. The Kier molecular flexibility index (Phi) is 10.2. The van der Waals surface area contributed by atoms with E-state index < -0.39 is 28.6 Å². The molecule has 3 rings (SSSR count). The first-order valence-electron chi connectivity index (χ1n) is 14.2. The summed E-state index contributed by atoms with van der Waals surface area (Å²) in [4.78, 5) is 27.8. The van der Waals surface area contributed by atoms with Crippen LogP contribution in [-0.2, 0) is 33.3 Å². The summed E-state index contributed by atoms with van der Waals surface area (Å²) in [5.74, 6) is -1.36. The van der Waals surface area contributed by atoms with E-state index in [-0.39, 0.29) is 56.0 Å². The summed E-state index contributed by atoms with van der Waals surface area (Å²) in [7, 11) is 0. The first-order valence-corrected chi connectivity index (χ1v) is 14.2. The van der Waals surface area contributed by atoms with E-state index in [0.29, 0.717) is 25.7 Å². The lowest BCUT2D eigenvalue weighted by molar-refractivity contribution is -0.464. The maximum Gasteiger partial charge on any atom is 0.320 e. The van der Waals surface area contributed by atoms with Gasteiger partial charge in [0.25, 0.3) is 5.97 Å². The number of piperidine rings is 1. The standard InChI is InChI=1S/C27H46FNO7.C2H6/c1-10-26(28)32-15-25(16-33-26)17-34-27(11-2,35-18-25)36-23(7,8)14-22(5,6)29-20(30)12-24(9,19(3)4)13-21(29)31;1-2/h19H,10-18H2,1-9H3;1-2H3. The SMILES string of the molecule is CC.CCC1(F)OCC2(CO1)COC(CC)(OC(C)(C)CC(C)(C)N1C(=O)CC(C)(C(C)C)CC1=O)OC2. The van der Waals surface area contributed by atoms with E-state index in [2.05, 4.69) is 13.8 Å². The highest BCUT2D eigenvalue weighted by molar-refractivity contribution is 5.99. The van der Waals surface area contributed by atoms with Crippen LogP contribution in [0.1, 0.15) is 108 Å². The van der Waals surface area contributed by atoms with Gasteiger partial charge in [-0.2, -0.15) is 4.39 Å². The molecule has 1 spiro atoms. The molecule has 0 N–H and O–H groups in total. The lowest BCUT2D eigenvalue weighted by Gasteiger charge is -2.51. The van der Waals surface area contributed by atoms with Crippen LogP contribution in [0.5, 0.6) is 0 Å². The van der Waals surface area contributed by atoms with Crippen molar-refractivity contribution in [2.24, 2.45) is 16.7 Å². The molecule has 2 amide bonds. The third-order valence-electron chi connectivity index (χ3n) is 8.14. The quantitative estimate of drug-likeness (QED) is 0.348. The maximum atomic E-state index is 14.3. The third kappa shape index (κ3) is 7.14. The molecule has 9 heteroatoms. The average molecular weight is 546 g/mol. The van der Waals surface area contributed by atoms with Gasteiger partial charge in [0.2, 0.25) is 11.8 Å². The zero-order valence-electron chi connectivity index (χ0n) is 25.6. The van der Waals surface area contributed by atoms with Crippen molar-refractivity contribution in [3.05, 3.63) is 0 Å². The van der Waals surface area contributed by atoms with Gasteiger partial charge in [-0.15, -0.1) is 0 Å². The van der Waals surface area contributed by atoms with Gasteiger partial charge in [-0.05, 0) is 45.4 Å². The van der Waals surface area contributed by atoms with E-state index in [1.54, 1.807) is 6.92 Å². The van der Waals surface area contributed by atoms with Gasteiger partial charge < -0.3 is 23.7 Å². The Hall–Kier alpha value is -1.13. The number of ether oxygens (including phenoxy) is 5. The number of likely N-dealkylation sites (tertiary alicyclic amines) is 1. The molecule has 0 saturated carbocycles. The number of rotatable bonds is 8. The normalized spacial score (nSPS) is 32.4. The number of carbonyl (C=O) groups excluding carboxylic acids is 2. The van der Waals surface area contributed by atoms with Crippen LogP contribution in [0, 0.1) is 16.7 Å². The first-order chi connectivity index (χ1) is 17.4. The minimum absolute atomic E-state index is 0.107. The minimum atomic E-state index is -2.06. The second-order valence-corrected chi connectivity index (χ2v) is 12.8. The molecular formula is C29H52FNO7. The molecule has 38 heavy (non-hydrogen) atoms. The van der Waals surface area contributed by atoms with Gasteiger partial charge in [0, 0.05) is 31.2 Å². The van der Waals surface area contributed by atoms with E-state index >= 15 is 0 Å². The van der Waals surface area contributed by atoms with E-state index in [1.807, 2.05) is 55.4 Å². The zero-order valence-corrected chi connectivity index (χ0v) is 25.6. The first kappa shape index (κ1) is 33.1. The maximum absolute atomic E-state index is 14.3. The van der Waals surface area contributed by atoms with E-state index in [0.717, 1.165) is 0 Å². The number of alkyl halides is 1. The largest absolute Gasteiger partial charge is 0.327 e. The number of hydrogen-bond donors (Lipinski definition) is 0. The molecule has 0 unspecified atom stereocenters. The molecular weight excluding hydrogens is 493 g/mol. The second kappa shape index (κ2) is 11.8. The fourth-order valence-corrected chi connectivity index (χ4v) is 5.63. The molecule has 3 fully saturated rings. The molecule has 0 aromatic heterocycles. The lowest BCUT2D eigenvalue weighted by Crippen LogP contribution is -2.61. The Labute approximate surface area is 229 Å². The highest BCUT2D eigenvalue weighted by Crippen LogP contribution is 2.45. The second-order valence-electron chi connectivity index (χ2n) is 12.8. The van der Waals surface area contributed by atoms with Crippen LogP contribution in [0.3, 0.4) is 0 Å². The van der Waals surface area contributed by atoms with Crippen molar-refractivity contribution < 1.29 is 37.7 Å². The minimum Gasteiger partial charge on any atom is -0.327 e. The van der Waals surface area contributed by atoms with Crippen LogP contribution in [0.15, 0.2) is 0 Å². The van der Waals surface area contributed by atoms with E-state index in [9.17, 15) is 14.0 Å². The van der Waals surface area contributed by atoms with E-state index in [1.165, 1.54) is 4.90 Å². The van der Waals surface area contributed by atoms with Gasteiger partial charge in [-0.1, -0.05) is 48.5 Å². The summed E-state index contributed by atoms with van der Waals surface area (Å²) < 4.78 is 43.7. The van der Waals surface area contributed by atoms with Gasteiger partial charge in [-0.3, -0.25) is 14.5 Å². The van der Waals surface area contributed by atoms with Gasteiger partial charge in [0.1, 0.15) is 0 Å². The molecule has 0 aromatic rings. The molecule has 8 nitrogen and oxygen atoms in total.